The largest absolute Gasteiger partial charge is 0.473 e. The molecule has 0 bridgehead atoms. The third kappa shape index (κ3) is 5.53. The van der Waals surface area contributed by atoms with Gasteiger partial charge in [0, 0.05) is 19.0 Å². The Kier molecular flexibility index (Phi) is 5.68. The minimum absolute atomic E-state index is 0.0322. The Bertz CT molecular complexity index is 548. The van der Waals surface area contributed by atoms with E-state index in [4.69, 9.17) is 21.1 Å². The van der Waals surface area contributed by atoms with Crippen LogP contribution < -0.4 is 4.74 Å². The number of amides is 1. The predicted octanol–water partition coefficient (Wildman–Crippen LogP) is 3.54. The van der Waals surface area contributed by atoms with Gasteiger partial charge in [-0.2, -0.15) is 4.98 Å². The Morgan fingerprint density at radius 1 is 1.39 bits per heavy atom. The van der Waals surface area contributed by atoms with E-state index in [-0.39, 0.29) is 18.1 Å². The van der Waals surface area contributed by atoms with E-state index in [0.29, 0.717) is 24.1 Å². The molecule has 128 valence electrons. The Balaban J connectivity index is 1.98. The van der Waals surface area contributed by atoms with Crippen LogP contribution in [0.4, 0.5) is 4.79 Å². The highest BCUT2D eigenvalue weighted by Gasteiger charge is 2.30. The molecule has 1 amide bonds. The Hall–Kier alpha value is -1.56. The van der Waals surface area contributed by atoms with Crippen LogP contribution in [-0.2, 0) is 4.74 Å². The molecule has 0 unspecified atom stereocenters. The van der Waals surface area contributed by atoms with Gasteiger partial charge in [0.2, 0.25) is 5.88 Å². The molecule has 0 saturated carbocycles. The molecule has 7 heteroatoms. The van der Waals surface area contributed by atoms with Gasteiger partial charge in [-0.15, -0.1) is 0 Å². The summed E-state index contributed by atoms with van der Waals surface area (Å²) in [7, 11) is 0. The maximum Gasteiger partial charge on any atom is 0.410 e. The molecule has 0 spiro atoms. The summed E-state index contributed by atoms with van der Waals surface area (Å²) in [6, 6.07) is 0. The van der Waals surface area contributed by atoms with Crippen LogP contribution in [0, 0.1) is 5.92 Å². The van der Waals surface area contributed by atoms with Crippen molar-refractivity contribution in [1.29, 1.82) is 0 Å². The lowest BCUT2D eigenvalue weighted by Crippen LogP contribution is -2.40. The van der Waals surface area contributed by atoms with Crippen LogP contribution in [0.5, 0.6) is 5.88 Å². The van der Waals surface area contributed by atoms with E-state index in [9.17, 15) is 4.79 Å². The van der Waals surface area contributed by atoms with Gasteiger partial charge in [0.25, 0.3) is 0 Å². The molecular weight excluding hydrogens is 318 g/mol. The SMILES string of the molecule is C[C@@H]1CN(C(=O)OC(C)(C)C)CCC[C@@H]1Oc1cncc(Cl)n1. The maximum atomic E-state index is 12.2. The van der Waals surface area contributed by atoms with Crippen LogP contribution >= 0.6 is 11.6 Å². The van der Waals surface area contributed by atoms with E-state index in [1.165, 1.54) is 6.20 Å². The molecule has 2 atom stereocenters. The van der Waals surface area contributed by atoms with Crippen molar-refractivity contribution >= 4 is 17.7 Å². The van der Waals surface area contributed by atoms with Gasteiger partial charge in [-0.05, 0) is 33.6 Å². The molecule has 23 heavy (non-hydrogen) atoms. The van der Waals surface area contributed by atoms with Crippen molar-refractivity contribution in [3.05, 3.63) is 17.5 Å². The van der Waals surface area contributed by atoms with Gasteiger partial charge in [-0.3, -0.25) is 4.98 Å². The van der Waals surface area contributed by atoms with Gasteiger partial charge >= 0.3 is 6.09 Å². The maximum absolute atomic E-state index is 12.2. The summed E-state index contributed by atoms with van der Waals surface area (Å²) in [5.41, 5.74) is -0.487. The summed E-state index contributed by atoms with van der Waals surface area (Å²) in [6.07, 6.45) is 4.41. The first-order chi connectivity index (χ1) is 10.7. The normalized spacial score (nSPS) is 22.4. The number of halogens is 1. The second-order valence-electron chi connectivity index (χ2n) is 6.88. The highest BCUT2D eigenvalue weighted by Crippen LogP contribution is 2.23. The zero-order valence-electron chi connectivity index (χ0n) is 14.1. The van der Waals surface area contributed by atoms with E-state index in [1.807, 2.05) is 20.8 Å². The van der Waals surface area contributed by atoms with Crippen LogP contribution in [0.1, 0.15) is 40.5 Å². The zero-order valence-corrected chi connectivity index (χ0v) is 14.8. The molecule has 2 rings (SSSR count). The predicted molar refractivity (Wildman–Crippen MR) is 87.7 cm³/mol. The molecular formula is C16H24ClN3O3. The topological polar surface area (TPSA) is 64.6 Å². The summed E-state index contributed by atoms with van der Waals surface area (Å²) >= 11 is 5.83. The second kappa shape index (κ2) is 7.34. The van der Waals surface area contributed by atoms with Crippen molar-refractivity contribution in [2.75, 3.05) is 13.1 Å². The van der Waals surface area contributed by atoms with Crippen molar-refractivity contribution in [2.24, 2.45) is 5.92 Å². The number of likely N-dealkylation sites (tertiary alicyclic amines) is 1. The number of hydrogen-bond acceptors (Lipinski definition) is 5. The molecule has 1 aliphatic rings. The summed E-state index contributed by atoms with van der Waals surface area (Å²) in [4.78, 5) is 22.1. The fraction of sp³-hybridized carbons (Fsp3) is 0.688. The molecule has 6 nitrogen and oxygen atoms in total. The molecule has 0 N–H and O–H groups in total. The van der Waals surface area contributed by atoms with Gasteiger partial charge in [0.15, 0.2) is 5.15 Å². The van der Waals surface area contributed by atoms with E-state index in [0.717, 1.165) is 12.8 Å². The smallest absolute Gasteiger partial charge is 0.410 e. The van der Waals surface area contributed by atoms with Crippen LogP contribution in [0.15, 0.2) is 12.4 Å². The fourth-order valence-electron chi connectivity index (χ4n) is 2.53. The van der Waals surface area contributed by atoms with Crippen LogP contribution in [0.2, 0.25) is 5.15 Å². The first-order valence-corrected chi connectivity index (χ1v) is 8.24. The van der Waals surface area contributed by atoms with Crippen molar-refractivity contribution in [1.82, 2.24) is 14.9 Å². The molecule has 0 radical (unpaired) electrons. The van der Waals surface area contributed by atoms with Crippen LogP contribution in [-0.4, -0.2) is 45.8 Å². The number of nitrogens with zero attached hydrogens (tertiary/aromatic N) is 3. The molecule has 1 fully saturated rings. The molecule has 0 aliphatic carbocycles. The third-order valence-electron chi connectivity index (χ3n) is 3.57. The van der Waals surface area contributed by atoms with E-state index in [1.54, 1.807) is 11.1 Å². The van der Waals surface area contributed by atoms with Gasteiger partial charge in [-0.1, -0.05) is 18.5 Å². The number of aromatic nitrogens is 2. The van der Waals surface area contributed by atoms with Crippen molar-refractivity contribution in [3.8, 4) is 5.88 Å². The number of rotatable bonds is 2. The first kappa shape index (κ1) is 17.8. The van der Waals surface area contributed by atoms with Crippen molar-refractivity contribution in [3.63, 3.8) is 0 Å². The van der Waals surface area contributed by atoms with Gasteiger partial charge in [-0.25, -0.2) is 4.79 Å². The molecule has 0 aromatic carbocycles. The lowest BCUT2D eigenvalue weighted by Gasteiger charge is -2.28. The van der Waals surface area contributed by atoms with E-state index >= 15 is 0 Å². The van der Waals surface area contributed by atoms with Gasteiger partial charge in [0.05, 0.1) is 12.4 Å². The Morgan fingerprint density at radius 2 is 2.13 bits per heavy atom. The molecule has 2 heterocycles. The zero-order chi connectivity index (χ0) is 17.0. The number of carbonyl (C=O) groups excluding carboxylic acids is 1. The molecule has 1 aromatic heterocycles. The third-order valence-corrected chi connectivity index (χ3v) is 3.75. The quantitative estimate of drug-likeness (QED) is 0.823. The first-order valence-electron chi connectivity index (χ1n) is 7.87. The minimum Gasteiger partial charge on any atom is -0.473 e. The van der Waals surface area contributed by atoms with Gasteiger partial charge in [0.1, 0.15) is 11.7 Å². The lowest BCUT2D eigenvalue weighted by molar-refractivity contribution is 0.0218. The lowest BCUT2D eigenvalue weighted by atomic mass is 10.0. The minimum atomic E-state index is -0.487. The average molecular weight is 342 g/mol. The highest BCUT2D eigenvalue weighted by molar-refractivity contribution is 6.29. The van der Waals surface area contributed by atoms with Crippen LogP contribution in [0.3, 0.4) is 0 Å². The van der Waals surface area contributed by atoms with E-state index in [2.05, 4.69) is 16.9 Å². The number of carbonyl (C=O) groups is 1. The van der Waals surface area contributed by atoms with Crippen molar-refractivity contribution < 1.29 is 14.3 Å². The summed E-state index contributed by atoms with van der Waals surface area (Å²) in [5.74, 6) is 0.575. The molecule has 1 saturated heterocycles. The van der Waals surface area contributed by atoms with Gasteiger partial charge < -0.3 is 14.4 Å². The van der Waals surface area contributed by atoms with E-state index < -0.39 is 5.60 Å². The van der Waals surface area contributed by atoms with Crippen molar-refractivity contribution in [2.45, 2.75) is 52.2 Å². The highest BCUT2D eigenvalue weighted by atomic mass is 35.5. The Morgan fingerprint density at radius 3 is 2.78 bits per heavy atom. The summed E-state index contributed by atoms with van der Waals surface area (Å²) in [5, 5.41) is 0.305. The summed E-state index contributed by atoms with van der Waals surface area (Å²) < 4.78 is 11.4. The molecule has 1 aliphatic heterocycles. The average Bonchev–Trinajstić information content (AvgIpc) is 2.60. The fourth-order valence-corrected chi connectivity index (χ4v) is 2.67. The van der Waals surface area contributed by atoms with Crippen LogP contribution in [0.25, 0.3) is 0 Å². The standard InChI is InChI=1S/C16H24ClN3O3/c1-11-10-20(15(21)23-16(2,3)4)7-5-6-12(11)22-14-9-18-8-13(17)19-14/h8-9,11-12H,5-7,10H2,1-4H3/t11-,12+/m1/s1. The monoisotopic (exact) mass is 341 g/mol. The second-order valence-corrected chi connectivity index (χ2v) is 7.27. The summed E-state index contributed by atoms with van der Waals surface area (Å²) in [6.45, 7) is 8.93. The number of ether oxygens (including phenoxy) is 2. The molecule has 1 aromatic rings. The number of hydrogen-bond donors (Lipinski definition) is 0. The Labute approximate surface area is 142 Å².